The molecule has 2 aromatic heterocycles. The highest BCUT2D eigenvalue weighted by Crippen LogP contribution is 2.03. The molecule has 2 rings (SSSR count). The van der Waals surface area contributed by atoms with E-state index in [2.05, 4.69) is 15.4 Å². The number of rotatable bonds is 6. The second-order valence-electron chi connectivity index (χ2n) is 5.40. The standard InChI is InChI=1S/C16H20N4O4/c1-10-8-11(2)18-15(22)12(10)9-17-16(23)13-4-5-14(21)20(19-13)6-7-24-3/h4-5,8H,6-7,9H2,1-3H3,(H,17,23)(H,18,22). The number of H-pyrrole nitrogens is 1. The molecule has 0 bridgehead atoms. The van der Waals surface area contributed by atoms with Gasteiger partial charge in [0.15, 0.2) is 0 Å². The first-order chi connectivity index (χ1) is 11.4. The molecule has 0 aliphatic heterocycles. The molecular formula is C16H20N4O4. The average Bonchev–Trinajstić information content (AvgIpc) is 2.52. The van der Waals surface area contributed by atoms with Gasteiger partial charge in [0.25, 0.3) is 17.0 Å². The van der Waals surface area contributed by atoms with Crippen molar-refractivity contribution in [3.63, 3.8) is 0 Å². The van der Waals surface area contributed by atoms with Gasteiger partial charge in [0.2, 0.25) is 0 Å². The van der Waals surface area contributed by atoms with Crippen LogP contribution in [0.2, 0.25) is 0 Å². The summed E-state index contributed by atoms with van der Waals surface area (Å²) in [5.41, 5.74) is 1.61. The summed E-state index contributed by atoms with van der Waals surface area (Å²) in [4.78, 5) is 38.5. The van der Waals surface area contributed by atoms with Gasteiger partial charge >= 0.3 is 0 Å². The van der Waals surface area contributed by atoms with Gasteiger partial charge < -0.3 is 15.0 Å². The lowest BCUT2D eigenvalue weighted by atomic mass is 10.1. The van der Waals surface area contributed by atoms with E-state index in [4.69, 9.17) is 4.74 Å². The third kappa shape index (κ3) is 4.17. The number of carbonyl (C=O) groups is 1. The minimum atomic E-state index is -0.458. The van der Waals surface area contributed by atoms with Crippen LogP contribution in [-0.2, 0) is 17.8 Å². The lowest BCUT2D eigenvalue weighted by Gasteiger charge is -2.09. The summed E-state index contributed by atoms with van der Waals surface area (Å²) in [6.45, 7) is 4.26. The lowest BCUT2D eigenvalue weighted by Crippen LogP contribution is -2.31. The first kappa shape index (κ1) is 17.6. The number of nitrogens with zero attached hydrogens (tertiary/aromatic N) is 2. The highest BCUT2D eigenvalue weighted by Gasteiger charge is 2.12. The van der Waals surface area contributed by atoms with Crippen molar-refractivity contribution in [3.05, 3.63) is 61.4 Å². The minimum absolute atomic E-state index is 0.0825. The molecule has 2 N–H and O–H groups in total. The van der Waals surface area contributed by atoms with Crippen molar-refractivity contribution in [2.45, 2.75) is 26.9 Å². The molecule has 0 spiro atoms. The number of methoxy groups -OCH3 is 1. The maximum Gasteiger partial charge on any atom is 0.271 e. The van der Waals surface area contributed by atoms with Crippen molar-refractivity contribution in [1.29, 1.82) is 0 Å². The van der Waals surface area contributed by atoms with Crippen LogP contribution in [0.15, 0.2) is 27.8 Å². The van der Waals surface area contributed by atoms with Crippen LogP contribution in [0.5, 0.6) is 0 Å². The summed E-state index contributed by atoms with van der Waals surface area (Å²) >= 11 is 0. The maximum absolute atomic E-state index is 12.2. The Morgan fingerprint density at radius 2 is 2.08 bits per heavy atom. The van der Waals surface area contributed by atoms with Crippen LogP contribution in [0.4, 0.5) is 0 Å². The van der Waals surface area contributed by atoms with Crippen LogP contribution in [0.25, 0.3) is 0 Å². The molecule has 0 aliphatic carbocycles. The number of amides is 1. The number of aryl methyl sites for hydroxylation is 2. The fourth-order valence-electron chi connectivity index (χ4n) is 2.27. The molecule has 0 aliphatic rings. The normalized spacial score (nSPS) is 10.6. The maximum atomic E-state index is 12.2. The predicted molar refractivity (Wildman–Crippen MR) is 88.1 cm³/mol. The Morgan fingerprint density at radius 3 is 2.75 bits per heavy atom. The number of hydrogen-bond donors (Lipinski definition) is 2. The van der Waals surface area contributed by atoms with Gasteiger partial charge in [-0.05, 0) is 31.5 Å². The average molecular weight is 332 g/mol. The van der Waals surface area contributed by atoms with E-state index in [1.54, 1.807) is 6.92 Å². The monoisotopic (exact) mass is 332 g/mol. The molecule has 0 fully saturated rings. The van der Waals surface area contributed by atoms with Crippen molar-refractivity contribution >= 4 is 5.91 Å². The number of aromatic nitrogens is 3. The van der Waals surface area contributed by atoms with Crippen LogP contribution in [0, 0.1) is 13.8 Å². The zero-order valence-electron chi connectivity index (χ0n) is 13.9. The fourth-order valence-corrected chi connectivity index (χ4v) is 2.27. The molecule has 128 valence electrons. The minimum Gasteiger partial charge on any atom is -0.383 e. The van der Waals surface area contributed by atoms with Crippen LogP contribution >= 0.6 is 0 Å². The van der Waals surface area contributed by atoms with Crippen molar-refractivity contribution in [2.75, 3.05) is 13.7 Å². The zero-order valence-corrected chi connectivity index (χ0v) is 13.9. The van der Waals surface area contributed by atoms with E-state index in [9.17, 15) is 14.4 Å². The van der Waals surface area contributed by atoms with Gasteiger partial charge in [0.05, 0.1) is 13.2 Å². The summed E-state index contributed by atoms with van der Waals surface area (Å²) in [5.74, 6) is -0.458. The van der Waals surface area contributed by atoms with Gasteiger partial charge in [-0.1, -0.05) is 0 Å². The summed E-state index contributed by atoms with van der Waals surface area (Å²) in [6.07, 6.45) is 0. The first-order valence-electron chi connectivity index (χ1n) is 7.47. The molecular weight excluding hydrogens is 312 g/mol. The number of nitrogens with one attached hydrogen (secondary N) is 2. The van der Waals surface area contributed by atoms with Crippen molar-refractivity contribution in [2.24, 2.45) is 0 Å². The van der Waals surface area contributed by atoms with Crippen LogP contribution in [0.3, 0.4) is 0 Å². The third-order valence-corrected chi connectivity index (χ3v) is 3.53. The zero-order chi connectivity index (χ0) is 17.7. The molecule has 0 saturated carbocycles. The van der Waals surface area contributed by atoms with Crippen molar-refractivity contribution < 1.29 is 9.53 Å². The van der Waals surface area contributed by atoms with Crippen LogP contribution < -0.4 is 16.4 Å². The number of pyridine rings is 1. The van der Waals surface area contributed by atoms with E-state index in [1.165, 1.54) is 23.9 Å². The van der Waals surface area contributed by atoms with E-state index >= 15 is 0 Å². The second-order valence-corrected chi connectivity index (χ2v) is 5.40. The molecule has 0 radical (unpaired) electrons. The first-order valence-corrected chi connectivity index (χ1v) is 7.47. The molecule has 8 nitrogen and oxygen atoms in total. The molecule has 2 heterocycles. The molecule has 0 saturated heterocycles. The Balaban J connectivity index is 2.13. The summed E-state index contributed by atoms with van der Waals surface area (Å²) in [5, 5.41) is 6.66. The summed E-state index contributed by atoms with van der Waals surface area (Å²) in [6, 6.07) is 4.47. The molecule has 0 unspecified atom stereocenters. The van der Waals surface area contributed by atoms with Gasteiger partial charge in [-0.15, -0.1) is 0 Å². The van der Waals surface area contributed by atoms with E-state index in [1.807, 2.05) is 13.0 Å². The molecule has 24 heavy (non-hydrogen) atoms. The summed E-state index contributed by atoms with van der Waals surface area (Å²) < 4.78 is 6.07. The van der Waals surface area contributed by atoms with Gasteiger partial charge in [0.1, 0.15) is 5.69 Å². The van der Waals surface area contributed by atoms with Crippen molar-refractivity contribution in [3.8, 4) is 0 Å². The summed E-state index contributed by atoms with van der Waals surface area (Å²) in [7, 11) is 1.52. The van der Waals surface area contributed by atoms with E-state index < -0.39 is 5.91 Å². The quantitative estimate of drug-likeness (QED) is 0.782. The fraction of sp³-hybridized carbons (Fsp3) is 0.375. The van der Waals surface area contributed by atoms with E-state index in [-0.39, 0.29) is 29.9 Å². The van der Waals surface area contributed by atoms with Gasteiger partial charge in [-0.3, -0.25) is 14.4 Å². The Hall–Kier alpha value is -2.74. The van der Waals surface area contributed by atoms with Crippen LogP contribution in [0.1, 0.15) is 27.3 Å². The number of aromatic amines is 1. The molecule has 0 atom stereocenters. The second kappa shape index (κ2) is 7.69. The number of hydrogen-bond acceptors (Lipinski definition) is 5. The van der Waals surface area contributed by atoms with Crippen LogP contribution in [-0.4, -0.2) is 34.4 Å². The number of carbonyl (C=O) groups excluding carboxylic acids is 1. The largest absolute Gasteiger partial charge is 0.383 e. The predicted octanol–water partition coefficient (Wildman–Crippen LogP) is 0.125. The Morgan fingerprint density at radius 1 is 1.33 bits per heavy atom. The highest BCUT2D eigenvalue weighted by atomic mass is 16.5. The topological polar surface area (TPSA) is 106 Å². The van der Waals surface area contributed by atoms with E-state index in [0.717, 1.165) is 11.3 Å². The Labute approximate surface area is 138 Å². The van der Waals surface area contributed by atoms with Gasteiger partial charge in [-0.2, -0.15) is 5.10 Å². The number of ether oxygens (including phenoxy) is 1. The molecule has 2 aromatic rings. The highest BCUT2D eigenvalue weighted by molar-refractivity contribution is 5.91. The molecule has 8 heteroatoms. The lowest BCUT2D eigenvalue weighted by molar-refractivity contribution is 0.0942. The Bertz CT molecular complexity index is 854. The Kier molecular flexibility index (Phi) is 5.64. The van der Waals surface area contributed by atoms with E-state index in [0.29, 0.717) is 12.2 Å². The van der Waals surface area contributed by atoms with Crippen molar-refractivity contribution in [1.82, 2.24) is 20.1 Å². The van der Waals surface area contributed by atoms with Gasteiger partial charge in [-0.25, -0.2) is 4.68 Å². The van der Waals surface area contributed by atoms with Gasteiger partial charge in [0, 0.05) is 31.0 Å². The molecule has 0 aromatic carbocycles. The SMILES string of the molecule is COCCn1nc(C(=O)NCc2c(C)cc(C)[nH]c2=O)ccc1=O. The third-order valence-electron chi connectivity index (χ3n) is 3.53. The molecule has 1 amide bonds. The smallest absolute Gasteiger partial charge is 0.271 e.